The topological polar surface area (TPSA) is 170 Å². The first-order chi connectivity index (χ1) is 23.5. The van der Waals surface area contributed by atoms with Gasteiger partial charge in [0, 0.05) is 48.3 Å². The number of aryl methyl sites for hydroxylation is 1. The van der Waals surface area contributed by atoms with Crippen molar-refractivity contribution in [3.8, 4) is 0 Å². The Balaban J connectivity index is 0.000000174. The van der Waals surface area contributed by atoms with Gasteiger partial charge in [0.25, 0.3) is 10.0 Å². The van der Waals surface area contributed by atoms with Gasteiger partial charge in [0.15, 0.2) is 11.5 Å². The van der Waals surface area contributed by atoms with E-state index in [9.17, 15) is 33.3 Å². The van der Waals surface area contributed by atoms with Gasteiger partial charge in [-0.25, -0.2) is 8.42 Å². The lowest BCUT2D eigenvalue weighted by atomic mass is 9.44. The predicted octanol–water partition coefficient (Wildman–Crippen LogP) is 5.52. The van der Waals surface area contributed by atoms with Crippen molar-refractivity contribution in [2.75, 3.05) is 30.3 Å². The zero-order valence-corrected chi connectivity index (χ0v) is 30.9. The van der Waals surface area contributed by atoms with Crippen LogP contribution < -0.4 is 9.62 Å². The summed E-state index contributed by atoms with van der Waals surface area (Å²) in [7, 11) is -0.0493. The van der Waals surface area contributed by atoms with Crippen LogP contribution >= 0.6 is 11.6 Å². The molecule has 50 heavy (non-hydrogen) atoms. The Morgan fingerprint density at radius 3 is 2.44 bits per heavy atom. The number of fused-ring (bicyclic) bond motifs is 6. The summed E-state index contributed by atoms with van der Waals surface area (Å²) in [5.74, 6) is 0.710. The number of aromatic nitrogens is 1. The van der Waals surface area contributed by atoms with Gasteiger partial charge in [0.2, 0.25) is 5.82 Å². The van der Waals surface area contributed by atoms with Gasteiger partial charge in [0.1, 0.15) is 23.0 Å². The first-order valence-electron chi connectivity index (χ1n) is 17.4. The molecule has 7 rings (SSSR count). The lowest BCUT2D eigenvalue weighted by molar-refractivity contribution is -0.180. The third-order valence-corrected chi connectivity index (χ3v) is 14.6. The van der Waals surface area contributed by atoms with E-state index in [4.69, 9.17) is 16.1 Å². The molecule has 1 heterocycles. The largest absolute Gasteiger partial charge is 0.393 e. The van der Waals surface area contributed by atoms with E-state index >= 15 is 0 Å². The number of benzene rings is 2. The Labute approximate surface area is 298 Å². The smallest absolute Gasteiger partial charge is 0.263 e. The van der Waals surface area contributed by atoms with Crippen LogP contribution in [-0.4, -0.2) is 72.9 Å². The summed E-state index contributed by atoms with van der Waals surface area (Å²) in [4.78, 5) is 27.8. The van der Waals surface area contributed by atoms with Crippen LogP contribution in [0.15, 0.2) is 45.8 Å². The van der Waals surface area contributed by atoms with Crippen molar-refractivity contribution in [3.63, 3.8) is 0 Å². The average Bonchev–Trinajstić information content (AvgIpc) is 3.53. The van der Waals surface area contributed by atoms with Crippen LogP contribution in [0.25, 0.3) is 10.8 Å². The molecule has 0 bridgehead atoms. The normalized spacial score (nSPS) is 33.5. The van der Waals surface area contributed by atoms with Crippen molar-refractivity contribution in [1.82, 2.24) is 5.16 Å². The summed E-state index contributed by atoms with van der Waals surface area (Å²) in [6, 6.07) is 10.7. The number of ketones is 2. The van der Waals surface area contributed by atoms with Gasteiger partial charge in [0.05, 0.1) is 11.0 Å². The molecule has 0 amide bonds. The van der Waals surface area contributed by atoms with E-state index in [1.165, 1.54) is 0 Å². The van der Waals surface area contributed by atoms with Gasteiger partial charge >= 0.3 is 0 Å². The van der Waals surface area contributed by atoms with E-state index in [2.05, 4.69) is 16.8 Å². The molecule has 4 aliphatic rings. The second-order valence-electron chi connectivity index (χ2n) is 15.5. The highest BCUT2D eigenvalue weighted by atomic mass is 35.5. The summed E-state index contributed by atoms with van der Waals surface area (Å²) in [6.07, 6.45) is 5.47. The number of rotatable bonds is 6. The number of aliphatic hydroxyl groups is 3. The molecular formula is C37H48ClN3O8S. The van der Waals surface area contributed by atoms with Gasteiger partial charge in [-0.05, 0) is 87.2 Å². The Bertz CT molecular complexity index is 1910. The van der Waals surface area contributed by atoms with Crippen LogP contribution in [0.4, 0.5) is 11.5 Å². The number of halogens is 1. The molecule has 4 N–H and O–H groups in total. The van der Waals surface area contributed by atoms with E-state index in [1.54, 1.807) is 25.1 Å². The molecule has 4 aliphatic carbocycles. The number of hydrogen-bond acceptors (Lipinski definition) is 10. The number of aliphatic hydroxyl groups excluding tert-OH is 2. The minimum Gasteiger partial charge on any atom is -0.393 e. The molecule has 13 heteroatoms. The highest BCUT2D eigenvalue weighted by Crippen LogP contribution is 2.67. The fourth-order valence-electron chi connectivity index (χ4n) is 10.1. The molecule has 11 nitrogen and oxygen atoms in total. The highest BCUT2D eigenvalue weighted by molar-refractivity contribution is 7.93. The van der Waals surface area contributed by atoms with E-state index in [1.807, 2.05) is 44.1 Å². The van der Waals surface area contributed by atoms with Crippen LogP contribution in [0.3, 0.4) is 0 Å². The molecule has 1 aromatic heterocycles. The van der Waals surface area contributed by atoms with Crippen LogP contribution in [0.2, 0.25) is 5.02 Å². The first kappa shape index (κ1) is 36.8. The molecule has 2 aromatic carbocycles. The van der Waals surface area contributed by atoms with Crippen molar-refractivity contribution in [2.45, 2.75) is 88.7 Å². The third kappa shape index (κ3) is 5.84. The van der Waals surface area contributed by atoms with Crippen molar-refractivity contribution in [3.05, 3.63) is 47.2 Å². The van der Waals surface area contributed by atoms with Gasteiger partial charge in [-0.3, -0.25) is 14.3 Å². The van der Waals surface area contributed by atoms with Gasteiger partial charge in [-0.2, -0.15) is 0 Å². The summed E-state index contributed by atoms with van der Waals surface area (Å²) in [5, 5.41) is 35.9. The monoisotopic (exact) mass is 729 g/mol. The van der Waals surface area contributed by atoms with Gasteiger partial charge in [-0.1, -0.05) is 54.9 Å². The molecular weight excluding hydrogens is 682 g/mol. The maximum atomic E-state index is 13.4. The van der Waals surface area contributed by atoms with Crippen molar-refractivity contribution in [1.29, 1.82) is 0 Å². The standard InChI is InChI=1S/C21H32O5.C16H16ClN3O3S/c1-19-7-5-13(23)9-12(19)3-4-14-15-6-8-21(26,17(25)11-22)20(15,2)10-16(24)18(14)19;1-10-15(17)16(18-23-10)19-24(21,22)14-9-5-6-11-12(14)7-4-8-13(11)20(2)3/h12-15,18,22-23,26H,3-11H2,1-2H3;4-9H,1-3H3,(H,18,19)/t12-,13-,14+,15+,18-,19+,20+,21+;/m1./s1. The third-order valence-electron chi connectivity index (χ3n) is 12.7. The summed E-state index contributed by atoms with van der Waals surface area (Å²) in [5.41, 5.74) is -1.47. The van der Waals surface area contributed by atoms with E-state index < -0.39 is 33.4 Å². The fourth-order valence-corrected chi connectivity index (χ4v) is 11.5. The molecule has 272 valence electrons. The van der Waals surface area contributed by atoms with Crippen LogP contribution in [0.1, 0.15) is 71.0 Å². The number of nitrogens with one attached hydrogen (secondary N) is 1. The number of anilines is 2. The highest BCUT2D eigenvalue weighted by Gasteiger charge is 2.68. The van der Waals surface area contributed by atoms with E-state index in [0.717, 1.165) is 49.6 Å². The molecule has 0 radical (unpaired) electrons. The first-order valence-corrected chi connectivity index (χ1v) is 19.3. The van der Waals surface area contributed by atoms with Gasteiger partial charge < -0.3 is 24.7 Å². The van der Waals surface area contributed by atoms with Crippen LogP contribution in [0.5, 0.6) is 0 Å². The molecule has 3 aromatic rings. The van der Waals surface area contributed by atoms with Gasteiger partial charge in [-0.15, -0.1) is 0 Å². The Kier molecular flexibility index (Phi) is 9.69. The Morgan fingerprint density at radius 2 is 1.78 bits per heavy atom. The van der Waals surface area contributed by atoms with Crippen LogP contribution in [-0.2, 0) is 19.6 Å². The molecule has 4 fully saturated rings. The Hall–Kier alpha value is -3.03. The Morgan fingerprint density at radius 1 is 1.08 bits per heavy atom. The molecule has 8 atom stereocenters. The summed E-state index contributed by atoms with van der Waals surface area (Å²) in [6.45, 7) is 5.07. The van der Waals surface area contributed by atoms with Crippen molar-refractivity contribution < 1.29 is 37.8 Å². The zero-order chi connectivity index (χ0) is 36.4. The summed E-state index contributed by atoms with van der Waals surface area (Å²) >= 11 is 6.00. The molecule has 0 saturated heterocycles. The van der Waals surface area contributed by atoms with Crippen molar-refractivity contribution in [2.24, 2.45) is 34.5 Å². The number of carbonyl (C=O) groups excluding carboxylic acids is 2. The van der Waals surface area contributed by atoms with Crippen molar-refractivity contribution >= 4 is 55.5 Å². The minimum absolute atomic E-state index is 0.0154. The molecule has 0 aliphatic heterocycles. The summed E-state index contributed by atoms with van der Waals surface area (Å²) < 4.78 is 32.9. The molecule has 0 spiro atoms. The average molecular weight is 730 g/mol. The van der Waals surface area contributed by atoms with E-state index in [-0.39, 0.29) is 57.2 Å². The quantitative estimate of drug-likeness (QED) is 0.254. The maximum Gasteiger partial charge on any atom is 0.263 e. The minimum atomic E-state index is -3.87. The van der Waals surface area contributed by atoms with E-state index in [0.29, 0.717) is 23.5 Å². The number of Topliss-reactive ketones (excluding diaryl/α,β-unsaturated/α-hetero) is 2. The SMILES string of the molecule is C[C@]12CC[C@@H](O)C[C@H]1CC[C@@H]1[C@@H]2C(=O)C[C@@]2(C)[C@H]1CC[C@]2(O)C(=O)CO.Cc1onc(NS(=O)(=O)c2cccc3c(N(C)C)cccc23)c1Cl. The molecule has 4 saturated carbocycles. The second-order valence-corrected chi connectivity index (χ2v) is 17.6. The lowest BCUT2D eigenvalue weighted by Gasteiger charge is -2.60. The second kappa shape index (κ2) is 13.2. The number of hydrogen-bond donors (Lipinski definition) is 4. The van der Waals surface area contributed by atoms with Crippen LogP contribution in [0, 0.1) is 41.4 Å². The number of carbonyl (C=O) groups is 2. The maximum absolute atomic E-state index is 13.4. The predicted molar refractivity (Wildman–Crippen MR) is 190 cm³/mol. The molecule has 0 unspecified atom stereocenters. The zero-order valence-electron chi connectivity index (χ0n) is 29.3. The number of nitrogens with zero attached hydrogens (tertiary/aromatic N) is 2. The fraction of sp³-hybridized carbons (Fsp3) is 0.595. The lowest BCUT2D eigenvalue weighted by Crippen LogP contribution is -2.62. The number of sulfonamides is 1.